The Bertz CT molecular complexity index is 686. The molecule has 0 spiro atoms. The van der Waals surface area contributed by atoms with E-state index >= 15 is 0 Å². The number of aryl methyl sites for hydroxylation is 1. The number of rotatable bonds is 9. The fourth-order valence-electron chi connectivity index (χ4n) is 3.15. The number of amides is 1. The van der Waals surface area contributed by atoms with Crippen LogP contribution >= 0.6 is 11.8 Å². The first-order chi connectivity index (χ1) is 12.4. The van der Waals surface area contributed by atoms with E-state index in [9.17, 15) is 13.2 Å². The highest BCUT2D eigenvalue weighted by Crippen LogP contribution is 2.28. The van der Waals surface area contributed by atoms with Gasteiger partial charge in [0, 0.05) is 11.8 Å². The van der Waals surface area contributed by atoms with Crippen LogP contribution in [0.1, 0.15) is 44.1 Å². The van der Waals surface area contributed by atoms with Crippen molar-refractivity contribution in [2.75, 3.05) is 29.4 Å². The van der Waals surface area contributed by atoms with Gasteiger partial charge in [-0.2, -0.15) is 11.8 Å². The summed E-state index contributed by atoms with van der Waals surface area (Å²) in [6, 6.07) is 7.18. The average Bonchev–Trinajstić information content (AvgIpc) is 2.59. The number of thioether (sulfide) groups is 1. The van der Waals surface area contributed by atoms with Gasteiger partial charge in [0.05, 0.1) is 11.9 Å². The third-order valence-electron chi connectivity index (χ3n) is 4.53. The first kappa shape index (κ1) is 21.1. The number of nitrogens with zero attached hydrogens (tertiary/aromatic N) is 1. The normalized spacial score (nSPS) is 15.6. The largest absolute Gasteiger partial charge is 0.354 e. The quantitative estimate of drug-likeness (QED) is 0.648. The summed E-state index contributed by atoms with van der Waals surface area (Å²) in [5.41, 5.74) is 1.48. The number of nitrogens with one attached hydrogen (secondary N) is 1. The lowest BCUT2D eigenvalue weighted by atomic mass is 10.0. The van der Waals surface area contributed by atoms with Crippen LogP contribution in [0.5, 0.6) is 0 Å². The number of carbonyl (C=O) groups is 1. The van der Waals surface area contributed by atoms with Crippen molar-refractivity contribution >= 4 is 33.4 Å². The Balaban J connectivity index is 1.76. The number of anilines is 1. The van der Waals surface area contributed by atoms with E-state index in [1.165, 1.54) is 32.1 Å². The molecule has 0 aliphatic heterocycles. The molecule has 1 aliphatic carbocycles. The van der Waals surface area contributed by atoms with Crippen molar-refractivity contribution in [3.05, 3.63) is 29.8 Å². The Morgan fingerprint density at radius 3 is 2.65 bits per heavy atom. The van der Waals surface area contributed by atoms with E-state index in [1.54, 1.807) is 18.2 Å². The van der Waals surface area contributed by atoms with Crippen LogP contribution in [0, 0.1) is 6.92 Å². The van der Waals surface area contributed by atoms with Crippen molar-refractivity contribution in [2.45, 2.75) is 50.7 Å². The number of hydrogen-bond donors (Lipinski definition) is 1. The molecule has 146 valence electrons. The lowest BCUT2D eigenvalue weighted by Crippen LogP contribution is -2.40. The molecular formula is C19H30N2O3S2. The molecule has 5 nitrogen and oxygen atoms in total. The standard InChI is InChI=1S/C19H30N2O3S2/c1-16-8-6-9-17(14-16)21(26(2,23)24)15-19(22)20-12-7-13-25-18-10-4-3-5-11-18/h6,8-9,14,18H,3-5,7,10-13,15H2,1-2H3,(H,20,22). The summed E-state index contributed by atoms with van der Waals surface area (Å²) < 4.78 is 25.3. The number of carbonyl (C=O) groups excluding carboxylic acids is 1. The molecule has 1 fully saturated rings. The van der Waals surface area contributed by atoms with Gasteiger partial charge in [0.2, 0.25) is 15.9 Å². The summed E-state index contributed by atoms with van der Waals surface area (Å²) in [6.45, 7) is 2.30. The van der Waals surface area contributed by atoms with Crippen LogP contribution < -0.4 is 9.62 Å². The molecule has 1 aliphatic rings. The summed E-state index contributed by atoms with van der Waals surface area (Å²) in [4.78, 5) is 12.2. The molecule has 2 rings (SSSR count). The molecule has 1 amide bonds. The zero-order chi connectivity index (χ0) is 19.0. The van der Waals surface area contributed by atoms with Crippen molar-refractivity contribution < 1.29 is 13.2 Å². The Morgan fingerprint density at radius 2 is 2.00 bits per heavy atom. The molecule has 0 bridgehead atoms. The second-order valence-electron chi connectivity index (χ2n) is 6.94. The fraction of sp³-hybridized carbons (Fsp3) is 0.632. The van der Waals surface area contributed by atoms with Gasteiger partial charge in [-0.3, -0.25) is 9.10 Å². The predicted molar refractivity (Wildman–Crippen MR) is 110 cm³/mol. The van der Waals surface area contributed by atoms with Crippen molar-refractivity contribution in [1.82, 2.24) is 5.32 Å². The van der Waals surface area contributed by atoms with Crippen LogP contribution in [0.2, 0.25) is 0 Å². The smallest absolute Gasteiger partial charge is 0.240 e. The van der Waals surface area contributed by atoms with E-state index in [-0.39, 0.29) is 12.5 Å². The lowest BCUT2D eigenvalue weighted by Gasteiger charge is -2.22. The monoisotopic (exact) mass is 398 g/mol. The summed E-state index contributed by atoms with van der Waals surface area (Å²) in [7, 11) is -3.51. The summed E-state index contributed by atoms with van der Waals surface area (Å²) in [5, 5.41) is 3.63. The van der Waals surface area contributed by atoms with Gasteiger partial charge in [-0.25, -0.2) is 8.42 Å². The van der Waals surface area contributed by atoms with Crippen LogP contribution in [-0.4, -0.2) is 44.7 Å². The molecule has 1 aromatic carbocycles. The molecule has 0 radical (unpaired) electrons. The minimum absolute atomic E-state index is 0.182. The van der Waals surface area contributed by atoms with Gasteiger partial charge in [0.25, 0.3) is 0 Å². The van der Waals surface area contributed by atoms with Gasteiger partial charge < -0.3 is 5.32 Å². The molecule has 0 aromatic heterocycles. The maximum Gasteiger partial charge on any atom is 0.240 e. The van der Waals surface area contributed by atoms with Crippen molar-refractivity contribution in [3.8, 4) is 0 Å². The Labute approximate surface area is 162 Å². The summed E-state index contributed by atoms with van der Waals surface area (Å²) in [5.74, 6) is 0.776. The minimum atomic E-state index is -3.51. The second-order valence-corrected chi connectivity index (χ2v) is 10.3. The van der Waals surface area contributed by atoms with Crippen LogP contribution in [0.25, 0.3) is 0 Å². The van der Waals surface area contributed by atoms with Crippen molar-refractivity contribution in [2.24, 2.45) is 0 Å². The Kier molecular flexibility index (Phi) is 8.28. The molecule has 26 heavy (non-hydrogen) atoms. The highest BCUT2D eigenvalue weighted by molar-refractivity contribution is 7.99. The third-order valence-corrected chi connectivity index (χ3v) is 7.13. The van der Waals surface area contributed by atoms with Crippen LogP contribution in [0.15, 0.2) is 24.3 Å². The van der Waals surface area contributed by atoms with Gasteiger partial charge >= 0.3 is 0 Å². The van der Waals surface area contributed by atoms with E-state index in [2.05, 4.69) is 5.32 Å². The minimum Gasteiger partial charge on any atom is -0.354 e. The van der Waals surface area contributed by atoms with Crippen LogP contribution in [0.3, 0.4) is 0 Å². The third kappa shape index (κ3) is 7.19. The van der Waals surface area contributed by atoms with Gasteiger partial charge in [0.1, 0.15) is 6.54 Å². The summed E-state index contributed by atoms with van der Waals surface area (Å²) in [6.07, 6.45) is 8.72. The van der Waals surface area contributed by atoms with Gasteiger partial charge in [-0.05, 0) is 49.6 Å². The second kappa shape index (κ2) is 10.2. The van der Waals surface area contributed by atoms with Crippen molar-refractivity contribution in [3.63, 3.8) is 0 Å². The van der Waals surface area contributed by atoms with Crippen molar-refractivity contribution in [1.29, 1.82) is 0 Å². The van der Waals surface area contributed by atoms with Crippen LogP contribution in [-0.2, 0) is 14.8 Å². The average molecular weight is 399 g/mol. The van der Waals surface area contributed by atoms with Gasteiger partial charge in [-0.15, -0.1) is 0 Å². The zero-order valence-corrected chi connectivity index (χ0v) is 17.4. The van der Waals surface area contributed by atoms with Crippen LogP contribution in [0.4, 0.5) is 5.69 Å². The van der Waals surface area contributed by atoms with E-state index in [1.807, 2.05) is 24.8 Å². The molecule has 0 heterocycles. The fourth-order valence-corrected chi connectivity index (χ4v) is 5.31. The van der Waals surface area contributed by atoms with E-state index < -0.39 is 10.0 Å². The Morgan fingerprint density at radius 1 is 1.27 bits per heavy atom. The first-order valence-corrected chi connectivity index (χ1v) is 12.2. The lowest BCUT2D eigenvalue weighted by molar-refractivity contribution is -0.119. The number of sulfonamides is 1. The first-order valence-electron chi connectivity index (χ1n) is 9.29. The van der Waals surface area contributed by atoms with Gasteiger partial charge in [0.15, 0.2) is 0 Å². The topological polar surface area (TPSA) is 66.5 Å². The molecule has 7 heteroatoms. The SMILES string of the molecule is Cc1cccc(N(CC(=O)NCCCSC2CCCCC2)S(C)(=O)=O)c1. The van der Waals surface area contributed by atoms with E-state index in [4.69, 9.17) is 0 Å². The molecule has 1 aromatic rings. The van der Waals surface area contributed by atoms with E-state index in [0.717, 1.165) is 33.5 Å². The molecular weight excluding hydrogens is 368 g/mol. The van der Waals surface area contributed by atoms with E-state index in [0.29, 0.717) is 12.2 Å². The molecule has 1 N–H and O–H groups in total. The molecule has 0 saturated heterocycles. The maximum absolute atomic E-state index is 12.2. The van der Waals surface area contributed by atoms with Gasteiger partial charge in [-0.1, -0.05) is 31.4 Å². The maximum atomic E-state index is 12.2. The number of benzene rings is 1. The molecule has 0 atom stereocenters. The highest BCUT2D eigenvalue weighted by atomic mass is 32.2. The highest BCUT2D eigenvalue weighted by Gasteiger charge is 2.20. The predicted octanol–water partition coefficient (Wildman–Crippen LogP) is 3.33. The summed E-state index contributed by atoms with van der Waals surface area (Å²) >= 11 is 2.01. The number of hydrogen-bond acceptors (Lipinski definition) is 4. The molecule has 0 unspecified atom stereocenters. The Hall–Kier alpha value is -1.21. The molecule has 1 saturated carbocycles. The zero-order valence-electron chi connectivity index (χ0n) is 15.7.